The van der Waals surface area contributed by atoms with E-state index in [0.717, 1.165) is 15.6 Å². The molecule has 2 aromatic heterocycles. The molecule has 2 unspecified atom stereocenters. The van der Waals surface area contributed by atoms with Crippen LogP contribution in [0.1, 0.15) is 45.9 Å². The second kappa shape index (κ2) is 7.15. The van der Waals surface area contributed by atoms with Gasteiger partial charge in [0.2, 0.25) is 0 Å². The van der Waals surface area contributed by atoms with Gasteiger partial charge in [-0.05, 0) is 32.2 Å². The van der Waals surface area contributed by atoms with Crippen LogP contribution in [0.2, 0.25) is 0 Å². The molecule has 0 aliphatic heterocycles. The van der Waals surface area contributed by atoms with Crippen molar-refractivity contribution >= 4 is 28.6 Å². The minimum absolute atomic E-state index is 0.0331. The maximum absolute atomic E-state index is 11.6. The van der Waals surface area contributed by atoms with Crippen LogP contribution in [0.25, 0.3) is 0 Å². The zero-order valence-corrected chi connectivity index (χ0v) is 14.3. The molecule has 0 aromatic carbocycles. The molecular weight excluding hydrogens is 304 g/mol. The van der Waals surface area contributed by atoms with E-state index in [0.29, 0.717) is 6.42 Å². The highest BCUT2D eigenvalue weighted by atomic mass is 32.1. The van der Waals surface area contributed by atoms with E-state index in [4.69, 9.17) is 4.74 Å². The summed E-state index contributed by atoms with van der Waals surface area (Å²) in [5, 5.41) is 6.62. The smallest absolute Gasteiger partial charge is 0.307 e. The van der Waals surface area contributed by atoms with Gasteiger partial charge in [0.05, 0.1) is 30.3 Å². The number of rotatable bonds is 6. The highest BCUT2D eigenvalue weighted by Crippen LogP contribution is 2.29. The fourth-order valence-electron chi connectivity index (χ4n) is 2.31. The molecule has 0 aliphatic carbocycles. The van der Waals surface area contributed by atoms with Crippen molar-refractivity contribution in [2.45, 2.75) is 39.3 Å². The molecule has 2 atom stereocenters. The van der Waals surface area contributed by atoms with Gasteiger partial charge in [0.25, 0.3) is 0 Å². The molecule has 0 amide bonds. The van der Waals surface area contributed by atoms with Crippen LogP contribution in [-0.4, -0.2) is 18.1 Å². The molecule has 0 saturated carbocycles. The van der Waals surface area contributed by atoms with Crippen LogP contribution in [0.3, 0.4) is 0 Å². The van der Waals surface area contributed by atoms with Gasteiger partial charge in [-0.1, -0.05) is 6.07 Å². The maximum Gasteiger partial charge on any atom is 0.307 e. The number of methoxy groups -OCH3 is 1. The average Bonchev–Trinajstić information content (AvgIpc) is 3.07. The first-order valence-electron chi connectivity index (χ1n) is 6.81. The van der Waals surface area contributed by atoms with E-state index in [1.165, 1.54) is 12.0 Å². The number of esters is 1. The summed E-state index contributed by atoms with van der Waals surface area (Å²) in [4.78, 5) is 18.5. The molecule has 4 nitrogen and oxygen atoms in total. The van der Waals surface area contributed by atoms with Gasteiger partial charge in [0, 0.05) is 15.8 Å². The topological polar surface area (TPSA) is 51.2 Å². The van der Waals surface area contributed by atoms with Crippen LogP contribution in [0.15, 0.2) is 17.5 Å². The molecule has 0 spiro atoms. The Hall–Kier alpha value is -1.24. The van der Waals surface area contributed by atoms with Crippen molar-refractivity contribution in [3.63, 3.8) is 0 Å². The van der Waals surface area contributed by atoms with E-state index < -0.39 is 0 Å². The summed E-state index contributed by atoms with van der Waals surface area (Å²) < 4.78 is 4.81. The number of nitrogens with one attached hydrogen (secondary N) is 1. The van der Waals surface area contributed by atoms with E-state index in [1.54, 1.807) is 22.7 Å². The third-order valence-electron chi connectivity index (χ3n) is 3.27. The molecule has 0 bridgehead atoms. The third-order valence-corrected chi connectivity index (χ3v) is 5.51. The molecule has 2 aromatic rings. The number of aryl methyl sites for hydroxylation is 2. The average molecular weight is 324 g/mol. The number of thiophene rings is 1. The van der Waals surface area contributed by atoms with Crippen molar-refractivity contribution < 1.29 is 9.53 Å². The molecule has 0 fully saturated rings. The molecule has 2 heterocycles. The lowest BCUT2D eigenvalue weighted by molar-refractivity contribution is -0.141. The summed E-state index contributed by atoms with van der Waals surface area (Å²) in [5.41, 5.74) is 1.06. The van der Waals surface area contributed by atoms with Crippen LogP contribution < -0.4 is 5.32 Å². The highest BCUT2D eigenvalue weighted by Gasteiger charge is 2.22. The number of hydrogen-bond acceptors (Lipinski definition) is 6. The lowest BCUT2D eigenvalue weighted by Crippen LogP contribution is -2.26. The number of ether oxygens (including phenoxy) is 1. The normalized spacial score (nSPS) is 13.9. The minimum atomic E-state index is -0.203. The first kappa shape index (κ1) is 16.1. The standard InChI is InChI=1S/C15H20N2O2S2/c1-9-15(21-11(3)16-9)10(2)17-12(8-14(18)19-4)13-6-5-7-20-13/h5-7,10,12,17H,8H2,1-4H3. The van der Waals surface area contributed by atoms with Crippen LogP contribution in [0, 0.1) is 13.8 Å². The molecule has 6 heteroatoms. The summed E-state index contributed by atoms with van der Waals surface area (Å²) >= 11 is 3.35. The van der Waals surface area contributed by atoms with Crippen LogP contribution in [-0.2, 0) is 9.53 Å². The minimum Gasteiger partial charge on any atom is -0.469 e. The van der Waals surface area contributed by atoms with Gasteiger partial charge in [-0.15, -0.1) is 22.7 Å². The Balaban J connectivity index is 2.14. The van der Waals surface area contributed by atoms with Crippen LogP contribution >= 0.6 is 22.7 Å². The third kappa shape index (κ3) is 4.12. The predicted molar refractivity (Wildman–Crippen MR) is 86.8 cm³/mol. The van der Waals surface area contributed by atoms with Gasteiger partial charge < -0.3 is 10.1 Å². The quantitative estimate of drug-likeness (QED) is 0.822. The molecule has 2 rings (SSSR count). The zero-order valence-electron chi connectivity index (χ0n) is 12.7. The number of thiazole rings is 1. The van der Waals surface area contributed by atoms with E-state index in [1.807, 2.05) is 31.4 Å². The SMILES string of the molecule is COC(=O)CC(NC(C)c1sc(C)nc1C)c1cccs1. The van der Waals surface area contributed by atoms with Crippen LogP contribution in [0.5, 0.6) is 0 Å². The zero-order chi connectivity index (χ0) is 15.4. The fourth-order valence-corrected chi connectivity index (χ4v) is 4.03. The number of aromatic nitrogens is 1. The van der Waals surface area contributed by atoms with Crippen LogP contribution in [0.4, 0.5) is 0 Å². The maximum atomic E-state index is 11.6. The summed E-state index contributed by atoms with van der Waals surface area (Å²) in [5.74, 6) is -0.203. The summed E-state index contributed by atoms with van der Waals surface area (Å²) in [6.07, 6.45) is 0.332. The molecule has 0 aliphatic rings. The Labute approximate surface area is 133 Å². The van der Waals surface area contributed by atoms with Crippen molar-refractivity contribution in [2.75, 3.05) is 7.11 Å². The first-order valence-corrected chi connectivity index (χ1v) is 8.51. The number of carbonyl (C=O) groups excluding carboxylic acids is 1. The summed E-state index contributed by atoms with van der Waals surface area (Å²) in [6.45, 7) is 6.15. The molecule has 0 saturated heterocycles. The van der Waals surface area contributed by atoms with E-state index in [9.17, 15) is 4.79 Å². The fraction of sp³-hybridized carbons (Fsp3) is 0.467. The van der Waals surface area contributed by atoms with E-state index >= 15 is 0 Å². The summed E-state index contributed by atoms with van der Waals surface area (Å²) in [6, 6.07) is 4.16. The van der Waals surface area contributed by atoms with E-state index in [2.05, 4.69) is 17.2 Å². The largest absolute Gasteiger partial charge is 0.469 e. The van der Waals surface area contributed by atoms with Gasteiger partial charge in [-0.25, -0.2) is 4.98 Å². The lowest BCUT2D eigenvalue weighted by atomic mass is 10.1. The van der Waals surface area contributed by atoms with Gasteiger partial charge >= 0.3 is 5.97 Å². The highest BCUT2D eigenvalue weighted by molar-refractivity contribution is 7.11. The Morgan fingerprint density at radius 1 is 1.48 bits per heavy atom. The number of nitrogens with zero attached hydrogens (tertiary/aromatic N) is 1. The Morgan fingerprint density at radius 2 is 2.24 bits per heavy atom. The number of hydrogen-bond donors (Lipinski definition) is 1. The van der Waals surface area contributed by atoms with Gasteiger partial charge in [0.15, 0.2) is 0 Å². The van der Waals surface area contributed by atoms with Crippen molar-refractivity contribution in [3.8, 4) is 0 Å². The van der Waals surface area contributed by atoms with Gasteiger partial charge in [-0.3, -0.25) is 4.79 Å². The first-order chi connectivity index (χ1) is 10.0. The second-order valence-corrected chi connectivity index (χ2v) is 7.13. The van der Waals surface area contributed by atoms with Crippen molar-refractivity contribution in [2.24, 2.45) is 0 Å². The monoisotopic (exact) mass is 324 g/mol. The van der Waals surface area contributed by atoms with Gasteiger partial charge in [0.1, 0.15) is 0 Å². The Morgan fingerprint density at radius 3 is 2.76 bits per heavy atom. The molecule has 114 valence electrons. The lowest BCUT2D eigenvalue weighted by Gasteiger charge is -2.21. The summed E-state index contributed by atoms with van der Waals surface area (Å²) in [7, 11) is 1.42. The predicted octanol–water partition coefficient (Wildman–Crippen LogP) is 3.78. The Kier molecular flexibility index (Phi) is 5.50. The van der Waals surface area contributed by atoms with Crippen molar-refractivity contribution in [1.29, 1.82) is 0 Å². The molecular formula is C15H20N2O2S2. The van der Waals surface area contributed by atoms with E-state index in [-0.39, 0.29) is 18.1 Å². The molecule has 21 heavy (non-hydrogen) atoms. The van der Waals surface area contributed by atoms with Gasteiger partial charge in [-0.2, -0.15) is 0 Å². The van der Waals surface area contributed by atoms with Crippen molar-refractivity contribution in [1.82, 2.24) is 10.3 Å². The second-order valence-electron chi connectivity index (χ2n) is 4.92. The number of carbonyl (C=O) groups is 1. The molecule has 1 N–H and O–H groups in total. The van der Waals surface area contributed by atoms with Crippen molar-refractivity contribution in [3.05, 3.63) is 38.0 Å². The Bertz CT molecular complexity index is 593. The molecule has 0 radical (unpaired) electrons.